The number of hydrogen-bond donors (Lipinski definition) is 2. The van der Waals surface area contributed by atoms with E-state index in [1.54, 1.807) is 31.7 Å². The Kier molecular flexibility index (Phi) is 11.9. The van der Waals surface area contributed by atoms with Crippen molar-refractivity contribution in [2.45, 2.75) is 51.6 Å². The van der Waals surface area contributed by atoms with Crippen LogP contribution in [0.3, 0.4) is 0 Å². The van der Waals surface area contributed by atoms with E-state index in [4.69, 9.17) is 16.3 Å². The number of hydrogen-bond acceptors (Lipinski definition) is 7. The number of alkyl halides is 3. The number of thioether (sulfide) groups is 1. The molecule has 0 bridgehead atoms. The standard InChI is InChI=1S/C31H37ClF5N5O4S/c1-30(2,3)46-29(45)42-14-15-47-18-24(42)28(44)38-17-19-4-6-21(26(34)25(19)33)27(43)39-22-7-5-20(32)16-23(22)41-12-10-40(11-13-41)9-8-31(35,36)37/h4-7,16,24H,8-15,17-18H2,1-3H3,(H,38,44)(H,39,43). The molecule has 1 unspecified atom stereocenters. The normalized spacial score (nSPS) is 17.8. The van der Waals surface area contributed by atoms with Crippen LogP contribution in [0.5, 0.6) is 0 Å². The highest BCUT2D eigenvalue weighted by molar-refractivity contribution is 7.99. The molecule has 2 saturated heterocycles. The maximum Gasteiger partial charge on any atom is 0.411 e. The van der Waals surface area contributed by atoms with Crippen molar-refractivity contribution in [2.75, 3.05) is 61.0 Å². The van der Waals surface area contributed by atoms with Crippen LogP contribution in [0.4, 0.5) is 38.1 Å². The minimum absolute atomic E-state index is 0.120. The van der Waals surface area contributed by atoms with E-state index in [0.29, 0.717) is 48.4 Å². The second-order valence-electron chi connectivity index (χ2n) is 12.2. The van der Waals surface area contributed by atoms with Gasteiger partial charge in [0.25, 0.3) is 5.91 Å². The maximum atomic E-state index is 15.2. The van der Waals surface area contributed by atoms with Crippen LogP contribution in [-0.4, -0.2) is 96.3 Å². The Balaban J connectivity index is 1.40. The van der Waals surface area contributed by atoms with Crippen LogP contribution in [0, 0.1) is 11.6 Å². The maximum absolute atomic E-state index is 15.2. The molecule has 3 amide bonds. The van der Waals surface area contributed by atoms with Crippen LogP contribution in [0.1, 0.15) is 43.1 Å². The van der Waals surface area contributed by atoms with Crippen LogP contribution >= 0.6 is 23.4 Å². The lowest BCUT2D eigenvalue weighted by Crippen LogP contribution is -2.54. The minimum Gasteiger partial charge on any atom is -0.444 e. The molecule has 0 saturated carbocycles. The van der Waals surface area contributed by atoms with E-state index in [9.17, 15) is 27.6 Å². The molecule has 2 aliphatic rings. The molecule has 0 spiro atoms. The van der Waals surface area contributed by atoms with Gasteiger partial charge in [-0.2, -0.15) is 24.9 Å². The summed E-state index contributed by atoms with van der Waals surface area (Å²) in [4.78, 5) is 43.6. The largest absolute Gasteiger partial charge is 0.444 e. The van der Waals surface area contributed by atoms with Gasteiger partial charge in [-0.25, -0.2) is 13.6 Å². The zero-order chi connectivity index (χ0) is 34.5. The molecule has 2 aromatic carbocycles. The van der Waals surface area contributed by atoms with E-state index in [-0.39, 0.29) is 30.9 Å². The van der Waals surface area contributed by atoms with Gasteiger partial charge in [-0.3, -0.25) is 19.4 Å². The molecule has 2 aromatic rings. The van der Waals surface area contributed by atoms with Gasteiger partial charge in [0.1, 0.15) is 11.6 Å². The van der Waals surface area contributed by atoms with Crippen molar-refractivity contribution >= 4 is 52.6 Å². The number of anilines is 2. The Hall–Kier alpha value is -3.30. The third-order valence-electron chi connectivity index (χ3n) is 7.55. The third kappa shape index (κ3) is 10.1. The van der Waals surface area contributed by atoms with Gasteiger partial charge >= 0.3 is 12.3 Å². The fourth-order valence-electron chi connectivity index (χ4n) is 5.12. The van der Waals surface area contributed by atoms with Crippen LogP contribution in [-0.2, 0) is 16.1 Å². The number of halogens is 6. The van der Waals surface area contributed by atoms with Crippen molar-refractivity contribution in [1.82, 2.24) is 15.1 Å². The monoisotopic (exact) mass is 705 g/mol. The highest BCUT2D eigenvalue weighted by atomic mass is 35.5. The molecule has 2 fully saturated rings. The van der Waals surface area contributed by atoms with Gasteiger partial charge in [0.15, 0.2) is 11.6 Å². The molecule has 0 aromatic heterocycles. The highest BCUT2D eigenvalue weighted by Crippen LogP contribution is 2.32. The fraction of sp³-hybridized carbons (Fsp3) is 0.516. The number of nitrogens with one attached hydrogen (secondary N) is 2. The number of piperazine rings is 1. The molecule has 2 aliphatic heterocycles. The predicted octanol–water partition coefficient (Wildman–Crippen LogP) is 5.91. The van der Waals surface area contributed by atoms with Crippen molar-refractivity contribution in [3.63, 3.8) is 0 Å². The summed E-state index contributed by atoms with van der Waals surface area (Å²) in [7, 11) is 0. The summed E-state index contributed by atoms with van der Waals surface area (Å²) in [6, 6.07) is 6.04. The molecular formula is C31H37ClF5N5O4S. The lowest BCUT2D eigenvalue weighted by molar-refractivity contribution is -0.138. The quantitative estimate of drug-likeness (QED) is 0.330. The van der Waals surface area contributed by atoms with Crippen LogP contribution in [0.15, 0.2) is 30.3 Å². The van der Waals surface area contributed by atoms with E-state index < -0.39 is 59.3 Å². The van der Waals surface area contributed by atoms with Crippen molar-refractivity contribution < 1.29 is 41.1 Å². The number of nitrogens with zero attached hydrogens (tertiary/aromatic N) is 3. The van der Waals surface area contributed by atoms with Gasteiger partial charge in [0.2, 0.25) is 5.91 Å². The zero-order valence-corrected chi connectivity index (χ0v) is 27.8. The lowest BCUT2D eigenvalue weighted by Gasteiger charge is -2.37. The number of carbonyl (C=O) groups excluding carboxylic acids is 3. The number of benzene rings is 2. The van der Waals surface area contributed by atoms with E-state index >= 15 is 8.78 Å². The predicted molar refractivity (Wildman–Crippen MR) is 171 cm³/mol. The molecule has 47 heavy (non-hydrogen) atoms. The number of carbonyl (C=O) groups is 3. The molecule has 2 heterocycles. The fourth-order valence-corrected chi connectivity index (χ4v) is 6.33. The van der Waals surface area contributed by atoms with Gasteiger partial charge < -0.3 is 20.3 Å². The Labute approximate surface area is 279 Å². The molecule has 0 radical (unpaired) electrons. The van der Waals surface area contributed by atoms with E-state index in [2.05, 4.69) is 10.6 Å². The summed E-state index contributed by atoms with van der Waals surface area (Å²) < 4.78 is 73.6. The SMILES string of the molecule is CC(C)(C)OC(=O)N1CCSCC1C(=O)NCc1ccc(C(=O)Nc2ccc(Cl)cc2N2CCN(CCC(F)(F)F)CC2)c(F)c1F. The first-order valence-corrected chi connectivity index (χ1v) is 16.5. The summed E-state index contributed by atoms with van der Waals surface area (Å²) in [5.41, 5.74) is -0.780. The molecule has 258 valence electrons. The molecule has 4 rings (SSSR count). The average Bonchev–Trinajstić information content (AvgIpc) is 3.00. The van der Waals surface area contributed by atoms with Gasteiger partial charge in [0.05, 0.1) is 23.4 Å². The first-order chi connectivity index (χ1) is 22.0. The summed E-state index contributed by atoms with van der Waals surface area (Å²) in [5, 5.41) is 5.49. The van der Waals surface area contributed by atoms with Gasteiger partial charge in [0, 0.05) is 67.9 Å². The first-order valence-electron chi connectivity index (χ1n) is 15.0. The summed E-state index contributed by atoms with van der Waals surface area (Å²) in [6.07, 6.45) is -5.80. The van der Waals surface area contributed by atoms with Gasteiger partial charge in [-0.05, 0) is 45.0 Å². The third-order valence-corrected chi connectivity index (χ3v) is 8.81. The van der Waals surface area contributed by atoms with Crippen LogP contribution in [0.2, 0.25) is 5.02 Å². The Bertz CT molecular complexity index is 1470. The van der Waals surface area contributed by atoms with E-state index in [1.165, 1.54) is 34.9 Å². The summed E-state index contributed by atoms with van der Waals surface area (Å²) in [5.74, 6) is -3.29. The molecule has 1 atom stereocenters. The van der Waals surface area contributed by atoms with Crippen molar-refractivity contribution in [3.05, 3.63) is 58.1 Å². The van der Waals surface area contributed by atoms with E-state index in [1.807, 2.05) is 4.90 Å². The van der Waals surface area contributed by atoms with Crippen LogP contribution in [0.25, 0.3) is 0 Å². The lowest BCUT2D eigenvalue weighted by atomic mass is 10.1. The van der Waals surface area contributed by atoms with Crippen molar-refractivity contribution in [3.8, 4) is 0 Å². The smallest absolute Gasteiger partial charge is 0.411 e. The summed E-state index contributed by atoms with van der Waals surface area (Å²) >= 11 is 7.67. The molecule has 9 nitrogen and oxygen atoms in total. The molecule has 16 heteroatoms. The van der Waals surface area contributed by atoms with Crippen molar-refractivity contribution in [2.24, 2.45) is 0 Å². The topological polar surface area (TPSA) is 94.2 Å². The molecule has 0 aliphatic carbocycles. The minimum atomic E-state index is -4.25. The second-order valence-corrected chi connectivity index (χ2v) is 13.8. The van der Waals surface area contributed by atoms with Gasteiger partial charge in [-0.15, -0.1) is 0 Å². The highest BCUT2D eigenvalue weighted by Gasteiger charge is 2.35. The van der Waals surface area contributed by atoms with E-state index in [0.717, 1.165) is 6.07 Å². The number of amides is 3. The molecule has 2 N–H and O–H groups in total. The Morgan fingerprint density at radius 2 is 1.70 bits per heavy atom. The van der Waals surface area contributed by atoms with Gasteiger partial charge in [-0.1, -0.05) is 17.7 Å². The van der Waals surface area contributed by atoms with Crippen LogP contribution < -0.4 is 15.5 Å². The Morgan fingerprint density at radius 1 is 1.00 bits per heavy atom. The first kappa shape index (κ1) is 36.5. The van der Waals surface area contributed by atoms with Crippen molar-refractivity contribution in [1.29, 1.82) is 0 Å². The average molecular weight is 706 g/mol. The zero-order valence-electron chi connectivity index (χ0n) is 26.2. The summed E-state index contributed by atoms with van der Waals surface area (Å²) in [6.45, 7) is 6.35. The number of rotatable bonds is 8. The number of ether oxygens (including phenoxy) is 1. The Morgan fingerprint density at radius 3 is 2.36 bits per heavy atom. The molecular weight excluding hydrogens is 669 g/mol. The second kappa shape index (κ2) is 15.3.